The third kappa shape index (κ3) is 7.23. The first-order chi connectivity index (χ1) is 11.2. The minimum absolute atomic E-state index is 0.247. The zero-order chi connectivity index (χ0) is 17.8. The summed E-state index contributed by atoms with van der Waals surface area (Å²) < 4.78 is 0. The highest BCUT2D eigenvalue weighted by atomic mass is 32.1. The second-order valence-corrected chi connectivity index (χ2v) is 17.8. The fourth-order valence-electron chi connectivity index (χ4n) is 4.59. The van der Waals surface area contributed by atoms with Crippen LogP contribution in [-0.2, 0) is 0 Å². The molecule has 0 saturated heterocycles. The van der Waals surface area contributed by atoms with Crippen LogP contribution in [0.5, 0.6) is 0 Å². The summed E-state index contributed by atoms with van der Waals surface area (Å²) in [4.78, 5) is 0. The van der Waals surface area contributed by atoms with E-state index in [4.69, 9.17) is 0 Å². The second kappa shape index (κ2) is 9.18. The highest BCUT2D eigenvalue weighted by Crippen LogP contribution is 2.79. The van der Waals surface area contributed by atoms with Gasteiger partial charge in [0.15, 0.2) is 0 Å². The predicted octanol–water partition coefficient (Wildman–Crippen LogP) is 8.62. The largest absolute Gasteiger partial charge is 0.0770 e. The maximum Gasteiger partial charge on any atom is -0.0170 e. The van der Waals surface area contributed by atoms with Gasteiger partial charge < -0.3 is 0 Å². The summed E-state index contributed by atoms with van der Waals surface area (Å²) >= 11 is 0. The minimum atomic E-state index is 0.247. The molecule has 2 aliphatic rings. The van der Waals surface area contributed by atoms with Crippen LogP contribution in [0, 0.1) is 10.8 Å². The van der Waals surface area contributed by atoms with Crippen LogP contribution in [0.25, 0.3) is 0 Å². The number of rotatable bonds is 5. The Balaban J connectivity index is 2.22. The van der Waals surface area contributed by atoms with Crippen molar-refractivity contribution in [3.63, 3.8) is 0 Å². The molecular formula is C22H44P2. The molecule has 2 unspecified atom stereocenters. The normalized spacial score (nSPS) is 24.8. The Bertz CT molecular complexity index is 315. The summed E-state index contributed by atoms with van der Waals surface area (Å²) in [6.07, 6.45) is 18.5. The van der Waals surface area contributed by atoms with Crippen LogP contribution in [0.4, 0.5) is 0 Å². The van der Waals surface area contributed by atoms with Crippen molar-refractivity contribution in [2.45, 2.75) is 117 Å². The van der Waals surface area contributed by atoms with Crippen molar-refractivity contribution >= 4 is 15.2 Å². The van der Waals surface area contributed by atoms with Crippen molar-refractivity contribution in [3.8, 4) is 0 Å². The maximum absolute atomic E-state index is 2.51. The Kier molecular flexibility index (Phi) is 8.09. The van der Waals surface area contributed by atoms with Gasteiger partial charge in [0.1, 0.15) is 0 Å². The molecule has 0 aromatic rings. The Labute approximate surface area is 155 Å². The van der Waals surface area contributed by atoms with Crippen molar-refractivity contribution in [1.82, 2.24) is 0 Å². The van der Waals surface area contributed by atoms with Crippen molar-refractivity contribution < 1.29 is 0 Å². The summed E-state index contributed by atoms with van der Waals surface area (Å²) in [5.41, 5.74) is 3.28. The van der Waals surface area contributed by atoms with Crippen LogP contribution < -0.4 is 0 Å². The molecule has 0 heterocycles. The summed E-state index contributed by atoms with van der Waals surface area (Å²) in [6.45, 7) is 15.1. The van der Waals surface area contributed by atoms with E-state index in [2.05, 4.69) is 41.5 Å². The summed E-state index contributed by atoms with van der Waals surface area (Å²) in [7, 11) is 0.495. The van der Waals surface area contributed by atoms with Crippen LogP contribution in [0.2, 0.25) is 0 Å². The van der Waals surface area contributed by atoms with E-state index in [-0.39, 0.29) is 15.2 Å². The average molecular weight is 371 g/mol. The quantitative estimate of drug-likeness (QED) is 0.425. The lowest BCUT2D eigenvalue weighted by molar-refractivity contribution is 0.462. The van der Waals surface area contributed by atoms with Crippen molar-refractivity contribution in [1.29, 1.82) is 0 Å². The van der Waals surface area contributed by atoms with E-state index in [0.717, 1.165) is 11.3 Å². The van der Waals surface area contributed by atoms with Gasteiger partial charge in [0.2, 0.25) is 0 Å². The van der Waals surface area contributed by atoms with Gasteiger partial charge in [-0.25, -0.2) is 0 Å². The smallest absolute Gasteiger partial charge is 0.0170 e. The number of hydrogen-bond donors (Lipinski definition) is 0. The van der Waals surface area contributed by atoms with E-state index in [0.29, 0.717) is 10.8 Å². The standard InChI is InChI=1S/C22H44P2/c1-21(2,3)17-23(19-13-9-7-10-14-19)24(18-22(4,5)6)20-15-11-8-12-16-20/h19-20H,7-18H2,1-6H3. The molecule has 0 aliphatic heterocycles. The third-order valence-corrected chi connectivity index (χ3v) is 16.3. The highest BCUT2D eigenvalue weighted by molar-refractivity contribution is 8.30. The van der Waals surface area contributed by atoms with Gasteiger partial charge in [0.25, 0.3) is 0 Å². The summed E-state index contributed by atoms with van der Waals surface area (Å²) in [6, 6.07) is 0. The van der Waals surface area contributed by atoms with Crippen LogP contribution in [0.15, 0.2) is 0 Å². The van der Waals surface area contributed by atoms with Gasteiger partial charge in [0.05, 0.1) is 0 Å². The fourth-order valence-corrected chi connectivity index (χ4v) is 17.7. The van der Waals surface area contributed by atoms with Crippen molar-refractivity contribution in [3.05, 3.63) is 0 Å². The predicted molar refractivity (Wildman–Crippen MR) is 116 cm³/mol. The number of hydrogen-bond acceptors (Lipinski definition) is 0. The molecule has 0 bridgehead atoms. The van der Waals surface area contributed by atoms with E-state index >= 15 is 0 Å². The minimum Gasteiger partial charge on any atom is -0.0770 e. The van der Waals surface area contributed by atoms with Gasteiger partial charge in [-0.05, 0) is 60.2 Å². The highest BCUT2D eigenvalue weighted by Gasteiger charge is 2.38. The molecule has 24 heavy (non-hydrogen) atoms. The first-order valence-corrected chi connectivity index (χ1v) is 14.6. The average Bonchev–Trinajstić information content (AvgIpc) is 2.50. The van der Waals surface area contributed by atoms with Crippen molar-refractivity contribution in [2.24, 2.45) is 10.8 Å². The molecule has 2 aliphatic carbocycles. The first-order valence-electron chi connectivity index (χ1n) is 10.7. The SMILES string of the molecule is CC(C)(C)CP(C1CCCCC1)P(CC(C)(C)C)C1CCCCC1. The topological polar surface area (TPSA) is 0 Å². The van der Waals surface area contributed by atoms with E-state index in [1.54, 1.807) is 38.0 Å². The molecule has 142 valence electrons. The van der Waals surface area contributed by atoms with Crippen LogP contribution in [-0.4, -0.2) is 23.6 Å². The molecular weight excluding hydrogens is 326 g/mol. The molecule has 2 heteroatoms. The van der Waals surface area contributed by atoms with Gasteiger partial charge in [0, 0.05) is 0 Å². The summed E-state index contributed by atoms with van der Waals surface area (Å²) in [5, 5.41) is 0. The van der Waals surface area contributed by atoms with Crippen LogP contribution >= 0.6 is 15.2 Å². The molecule has 0 spiro atoms. The third-order valence-electron chi connectivity index (χ3n) is 5.60. The Morgan fingerprint density at radius 3 is 1.08 bits per heavy atom. The van der Waals surface area contributed by atoms with Gasteiger partial charge in [-0.3, -0.25) is 0 Å². The van der Waals surface area contributed by atoms with E-state index < -0.39 is 0 Å². The molecule has 2 fully saturated rings. The van der Waals surface area contributed by atoms with Gasteiger partial charge in [-0.1, -0.05) is 95.3 Å². The lowest BCUT2D eigenvalue weighted by Crippen LogP contribution is -2.24. The molecule has 0 aromatic heterocycles. The maximum atomic E-state index is 2.51. The molecule has 0 nitrogen and oxygen atoms in total. The van der Waals surface area contributed by atoms with Crippen LogP contribution in [0.1, 0.15) is 106 Å². The van der Waals surface area contributed by atoms with Gasteiger partial charge >= 0.3 is 0 Å². The van der Waals surface area contributed by atoms with E-state index in [1.807, 2.05) is 0 Å². The van der Waals surface area contributed by atoms with E-state index in [9.17, 15) is 0 Å². The lowest BCUT2D eigenvalue weighted by Gasteiger charge is -2.46. The molecule has 2 saturated carbocycles. The fraction of sp³-hybridized carbons (Fsp3) is 1.00. The molecule has 2 rings (SSSR count). The first kappa shape index (κ1) is 21.2. The zero-order valence-corrected chi connectivity index (χ0v) is 19.3. The molecule has 0 radical (unpaired) electrons. The van der Waals surface area contributed by atoms with Gasteiger partial charge in [-0.15, -0.1) is 0 Å². The second-order valence-electron chi connectivity index (χ2n) is 10.9. The Morgan fingerprint density at radius 1 is 0.542 bits per heavy atom. The molecule has 0 aromatic carbocycles. The summed E-state index contributed by atoms with van der Waals surface area (Å²) in [5.74, 6) is 0. The molecule has 0 amide bonds. The Morgan fingerprint density at radius 2 is 0.833 bits per heavy atom. The Hall–Kier alpha value is 0.860. The van der Waals surface area contributed by atoms with Gasteiger partial charge in [-0.2, -0.15) is 0 Å². The molecule has 2 atom stereocenters. The monoisotopic (exact) mass is 370 g/mol. The lowest BCUT2D eigenvalue weighted by atomic mass is 10.00. The molecule has 0 N–H and O–H groups in total. The van der Waals surface area contributed by atoms with E-state index in [1.165, 1.54) is 38.5 Å². The van der Waals surface area contributed by atoms with Crippen LogP contribution in [0.3, 0.4) is 0 Å². The van der Waals surface area contributed by atoms with Crippen molar-refractivity contribution in [2.75, 3.05) is 12.3 Å². The zero-order valence-electron chi connectivity index (χ0n) is 17.5.